The number of amides is 1. The van der Waals surface area contributed by atoms with Crippen LogP contribution in [-0.4, -0.2) is 19.7 Å². The van der Waals surface area contributed by atoms with Crippen LogP contribution in [0.25, 0.3) is 0 Å². The van der Waals surface area contributed by atoms with Crippen molar-refractivity contribution in [1.29, 1.82) is 0 Å². The first kappa shape index (κ1) is 8.26. The molecule has 1 heterocycles. The van der Waals surface area contributed by atoms with Gasteiger partial charge in [0, 0.05) is 12.8 Å². The van der Waals surface area contributed by atoms with Crippen LogP contribution in [-0.2, 0) is 16.0 Å². The fraction of sp³-hybridized carbons (Fsp3) is 0.300. The van der Waals surface area contributed by atoms with E-state index in [1.165, 1.54) is 0 Å². The van der Waals surface area contributed by atoms with Crippen molar-refractivity contribution in [2.24, 2.45) is 0 Å². The highest BCUT2D eigenvalue weighted by Crippen LogP contribution is 2.27. The summed E-state index contributed by atoms with van der Waals surface area (Å²) in [5.41, 5.74) is 2.07. The number of para-hydroxylation sites is 1. The van der Waals surface area contributed by atoms with Gasteiger partial charge in [0.15, 0.2) is 0 Å². The maximum absolute atomic E-state index is 11.5. The lowest BCUT2D eigenvalue weighted by Crippen LogP contribution is -2.28. The van der Waals surface area contributed by atoms with Gasteiger partial charge in [0.2, 0.25) is 5.91 Å². The molecular weight excluding hydrogens is 166 g/mol. The molecule has 0 radical (unpaired) electrons. The zero-order chi connectivity index (χ0) is 9.26. The van der Waals surface area contributed by atoms with Crippen LogP contribution in [0.5, 0.6) is 0 Å². The van der Waals surface area contributed by atoms with E-state index in [1.807, 2.05) is 24.3 Å². The maximum Gasteiger partial charge on any atom is 0.233 e. The van der Waals surface area contributed by atoms with Crippen molar-refractivity contribution >= 4 is 11.6 Å². The number of hydrogen-bond acceptors (Lipinski definition) is 2. The van der Waals surface area contributed by atoms with E-state index in [1.54, 1.807) is 12.0 Å². The monoisotopic (exact) mass is 177 g/mol. The summed E-state index contributed by atoms with van der Waals surface area (Å²) in [7, 11) is 1.59. The Labute approximate surface area is 76.9 Å². The number of methoxy groups -OCH3 is 1. The van der Waals surface area contributed by atoms with Gasteiger partial charge in [-0.25, -0.2) is 0 Å². The van der Waals surface area contributed by atoms with Gasteiger partial charge in [0.05, 0.1) is 6.42 Å². The Morgan fingerprint density at radius 2 is 2.23 bits per heavy atom. The van der Waals surface area contributed by atoms with Crippen LogP contribution in [0.15, 0.2) is 24.3 Å². The average molecular weight is 177 g/mol. The minimum Gasteiger partial charge on any atom is -0.364 e. The molecule has 68 valence electrons. The second-order valence-corrected chi connectivity index (χ2v) is 3.05. The quantitative estimate of drug-likeness (QED) is 0.678. The van der Waals surface area contributed by atoms with Crippen molar-refractivity contribution in [3.63, 3.8) is 0 Å². The van der Waals surface area contributed by atoms with E-state index in [4.69, 9.17) is 4.74 Å². The highest BCUT2D eigenvalue weighted by Gasteiger charge is 2.25. The number of carbonyl (C=O) groups is 1. The number of anilines is 1. The zero-order valence-corrected chi connectivity index (χ0v) is 7.49. The number of benzene rings is 1. The number of hydrogen-bond donors (Lipinski definition) is 0. The predicted molar refractivity (Wildman–Crippen MR) is 49.5 cm³/mol. The molecule has 1 aliphatic rings. The second kappa shape index (κ2) is 3.18. The molecule has 0 fully saturated rings. The highest BCUT2D eigenvalue weighted by atomic mass is 16.5. The smallest absolute Gasteiger partial charge is 0.233 e. The summed E-state index contributed by atoms with van der Waals surface area (Å²) >= 11 is 0. The third-order valence-corrected chi connectivity index (χ3v) is 2.18. The summed E-state index contributed by atoms with van der Waals surface area (Å²) in [6.45, 7) is 0.343. The second-order valence-electron chi connectivity index (χ2n) is 3.05. The van der Waals surface area contributed by atoms with E-state index < -0.39 is 0 Å². The van der Waals surface area contributed by atoms with Gasteiger partial charge in [-0.1, -0.05) is 18.2 Å². The SMILES string of the molecule is COCN1C(=O)Cc2ccccc21. The van der Waals surface area contributed by atoms with Crippen LogP contribution in [0.4, 0.5) is 5.69 Å². The molecule has 3 nitrogen and oxygen atoms in total. The van der Waals surface area contributed by atoms with Crippen LogP contribution >= 0.6 is 0 Å². The molecule has 1 aliphatic heterocycles. The van der Waals surface area contributed by atoms with E-state index in [0.717, 1.165) is 11.3 Å². The minimum absolute atomic E-state index is 0.114. The number of carbonyl (C=O) groups excluding carboxylic acids is 1. The van der Waals surface area contributed by atoms with Gasteiger partial charge in [-0.3, -0.25) is 9.69 Å². The minimum atomic E-state index is 0.114. The Morgan fingerprint density at radius 1 is 1.46 bits per heavy atom. The summed E-state index contributed by atoms with van der Waals surface area (Å²) in [4.78, 5) is 13.1. The van der Waals surface area contributed by atoms with Gasteiger partial charge >= 0.3 is 0 Å². The van der Waals surface area contributed by atoms with Crippen LogP contribution in [0.3, 0.4) is 0 Å². The number of ether oxygens (including phenoxy) is 1. The Kier molecular flexibility index (Phi) is 2.02. The Hall–Kier alpha value is -1.35. The lowest BCUT2D eigenvalue weighted by Gasteiger charge is -2.15. The van der Waals surface area contributed by atoms with Crippen LogP contribution in [0, 0.1) is 0 Å². The van der Waals surface area contributed by atoms with Gasteiger partial charge in [0.25, 0.3) is 0 Å². The number of rotatable bonds is 2. The van der Waals surface area contributed by atoms with Crippen molar-refractivity contribution in [1.82, 2.24) is 0 Å². The Bertz CT molecular complexity index is 335. The molecule has 0 N–H and O–H groups in total. The zero-order valence-electron chi connectivity index (χ0n) is 7.49. The van der Waals surface area contributed by atoms with E-state index in [0.29, 0.717) is 13.2 Å². The standard InChI is InChI=1S/C10H11NO2/c1-13-7-11-9-5-3-2-4-8(9)6-10(11)12/h2-5H,6-7H2,1H3. The largest absolute Gasteiger partial charge is 0.364 e. The first-order valence-electron chi connectivity index (χ1n) is 4.20. The lowest BCUT2D eigenvalue weighted by atomic mass is 10.2. The first-order chi connectivity index (χ1) is 6.33. The molecule has 0 bridgehead atoms. The molecule has 0 spiro atoms. The van der Waals surface area contributed by atoms with Crippen LogP contribution in [0.1, 0.15) is 5.56 Å². The molecule has 3 heteroatoms. The summed E-state index contributed by atoms with van der Waals surface area (Å²) in [5.74, 6) is 0.114. The summed E-state index contributed by atoms with van der Waals surface area (Å²) in [6, 6.07) is 7.80. The molecule has 13 heavy (non-hydrogen) atoms. The topological polar surface area (TPSA) is 29.5 Å². The Morgan fingerprint density at radius 3 is 3.00 bits per heavy atom. The third-order valence-electron chi connectivity index (χ3n) is 2.18. The molecule has 0 unspecified atom stereocenters. The first-order valence-corrected chi connectivity index (χ1v) is 4.20. The molecule has 1 amide bonds. The van der Waals surface area contributed by atoms with Gasteiger partial charge in [-0.15, -0.1) is 0 Å². The number of fused-ring (bicyclic) bond motifs is 1. The molecule has 1 aromatic rings. The van der Waals surface area contributed by atoms with E-state index in [-0.39, 0.29) is 5.91 Å². The normalized spacial score (nSPS) is 14.8. The molecule has 2 rings (SSSR count). The van der Waals surface area contributed by atoms with E-state index in [9.17, 15) is 4.79 Å². The number of nitrogens with zero attached hydrogens (tertiary/aromatic N) is 1. The molecular formula is C10H11NO2. The average Bonchev–Trinajstić information content (AvgIpc) is 2.44. The van der Waals surface area contributed by atoms with Crippen molar-refractivity contribution < 1.29 is 9.53 Å². The lowest BCUT2D eigenvalue weighted by molar-refractivity contribution is -0.118. The molecule has 1 aromatic carbocycles. The van der Waals surface area contributed by atoms with Gasteiger partial charge in [0.1, 0.15) is 6.73 Å². The van der Waals surface area contributed by atoms with E-state index in [2.05, 4.69) is 0 Å². The Balaban J connectivity index is 2.35. The fourth-order valence-electron chi connectivity index (χ4n) is 1.59. The summed E-state index contributed by atoms with van der Waals surface area (Å²) < 4.78 is 4.96. The molecule has 0 atom stereocenters. The highest BCUT2D eigenvalue weighted by molar-refractivity contribution is 6.01. The van der Waals surface area contributed by atoms with Crippen molar-refractivity contribution in [3.8, 4) is 0 Å². The van der Waals surface area contributed by atoms with Gasteiger partial charge in [-0.2, -0.15) is 0 Å². The van der Waals surface area contributed by atoms with Crippen LogP contribution < -0.4 is 4.90 Å². The predicted octanol–water partition coefficient (Wildman–Crippen LogP) is 1.18. The summed E-state index contributed by atoms with van der Waals surface area (Å²) in [5, 5.41) is 0. The summed E-state index contributed by atoms with van der Waals surface area (Å²) in [6.07, 6.45) is 0.500. The molecule has 0 aromatic heterocycles. The molecule has 0 aliphatic carbocycles. The fourth-order valence-corrected chi connectivity index (χ4v) is 1.59. The van der Waals surface area contributed by atoms with Gasteiger partial charge < -0.3 is 4.74 Å². The molecule has 0 saturated carbocycles. The van der Waals surface area contributed by atoms with Crippen molar-refractivity contribution in [2.45, 2.75) is 6.42 Å². The third kappa shape index (κ3) is 1.31. The van der Waals surface area contributed by atoms with Gasteiger partial charge in [-0.05, 0) is 11.6 Å². The van der Waals surface area contributed by atoms with Crippen LogP contribution in [0.2, 0.25) is 0 Å². The van der Waals surface area contributed by atoms with E-state index >= 15 is 0 Å². The van der Waals surface area contributed by atoms with Crippen molar-refractivity contribution in [3.05, 3.63) is 29.8 Å². The molecule has 0 saturated heterocycles. The van der Waals surface area contributed by atoms with Crippen molar-refractivity contribution in [2.75, 3.05) is 18.7 Å². The maximum atomic E-state index is 11.5.